The smallest absolute Gasteiger partial charge is 0.223 e. The van der Waals surface area contributed by atoms with Crippen LogP contribution in [0.5, 0.6) is 0 Å². The van der Waals surface area contributed by atoms with Crippen molar-refractivity contribution in [2.24, 2.45) is 0 Å². The number of nitrogens with zero attached hydrogens (tertiary/aromatic N) is 5. The number of fused-ring (bicyclic) bond motifs is 1. The second-order valence-electron chi connectivity index (χ2n) is 8.61. The van der Waals surface area contributed by atoms with E-state index in [0.29, 0.717) is 12.0 Å². The summed E-state index contributed by atoms with van der Waals surface area (Å²) < 4.78 is 21.1. The summed E-state index contributed by atoms with van der Waals surface area (Å²) in [6.07, 6.45) is 5.65. The predicted octanol–water partition coefficient (Wildman–Crippen LogP) is 4.25. The molecule has 4 heterocycles. The van der Waals surface area contributed by atoms with Crippen LogP contribution < -0.4 is 5.32 Å². The lowest BCUT2D eigenvalue weighted by Gasteiger charge is -2.23. The Hall–Kier alpha value is -3.36. The number of imidazole rings is 1. The van der Waals surface area contributed by atoms with E-state index in [1.807, 2.05) is 30.8 Å². The number of aromatic nitrogens is 4. The predicted molar refractivity (Wildman–Crippen MR) is 126 cm³/mol. The third-order valence-electron chi connectivity index (χ3n) is 5.76. The number of anilines is 1. The minimum atomic E-state index is -0.276. The molecular formula is C25H27FN6O. The highest BCUT2D eigenvalue weighted by Crippen LogP contribution is 2.32. The van der Waals surface area contributed by atoms with Crippen molar-refractivity contribution < 1.29 is 9.13 Å². The average molecular weight is 447 g/mol. The normalized spacial score (nSPS) is 14.8. The summed E-state index contributed by atoms with van der Waals surface area (Å²) >= 11 is 0. The van der Waals surface area contributed by atoms with Crippen LogP contribution in [-0.2, 0) is 11.3 Å². The van der Waals surface area contributed by atoms with Crippen molar-refractivity contribution in [2.75, 3.05) is 32.6 Å². The number of hydrogen-bond acceptors (Lipinski definition) is 6. The molecule has 0 amide bonds. The Bertz CT molecular complexity index is 1250. The van der Waals surface area contributed by atoms with Crippen molar-refractivity contribution in [2.45, 2.75) is 25.4 Å². The molecule has 1 aromatic carbocycles. The zero-order valence-electron chi connectivity index (χ0n) is 18.8. The first kappa shape index (κ1) is 21.5. The molecular weight excluding hydrogens is 419 g/mol. The monoisotopic (exact) mass is 446 g/mol. The van der Waals surface area contributed by atoms with Gasteiger partial charge in [-0.15, -0.1) is 0 Å². The first-order chi connectivity index (χ1) is 16.1. The summed E-state index contributed by atoms with van der Waals surface area (Å²) in [5.41, 5.74) is 5.19. The van der Waals surface area contributed by atoms with Gasteiger partial charge in [-0.1, -0.05) is 0 Å². The van der Waals surface area contributed by atoms with Crippen molar-refractivity contribution in [1.29, 1.82) is 0 Å². The minimum absolute atomic E-state index is 0.276. The molecule has 1 aliphatic heterocycles. The van der Waals surface area contributed by atoms with E-state index < -0.39 is 0 Å². The minimum Gasteiger partial charge on any atom is -0.381 e. The molecule has 1 fully saturated rings. The van der Waals surface area contributed by atoms with Crippen LogP contribution in [0.25, 0.3) is 28.3 Å². The van der Waals surface area contributed by atoms with Crippen LogP contribution >= 0.6 is 0 Å². The number of halogens is 1. The quantitative estimate of drug-likeness (QED) is 0.478. The second kappa shape index (κ2) is 9.25. The van der Waals surface area contributed by atoms with E-state index in [1.165, 1.54) is 17.7 Å². The lowest BCUT2D eigenvalue weighted by molar-refractivity contribution is 0.0903. The van der Waals surface area contributed by atoms with Crippen molar-refractivity contribution in [1.82, 2.24) is 24.3 Å². The Labute approximate surface area is 192 Å². The summed E-state index contributed by atoms with van der Waals surface area (Å²) in [5, 5.41) is 3.44. The topological polar surface area (TPSA) is 67.6 Å². The van der Waals surface area contributed by atoms with Crippen LogP contribution in [0.4, 0.5) is 10.3 Å². The summed E-state index contributed by atoms with van der Waals surface area (Å²) in [6.45, 7) is 2.31. The third kappa shape index (κ3) is 4.72. The highest BCUT2D eigenvalue weighted by molar-refractivity contribution is 5.80. The largest absolute Gasteiger partial charge is 0.381 e. The molecule has 5 rings (SSSR count). The van der Waals surface area contributed by atoms with E-state index in [1.54, 1.807) is 18.3 Å². The summed E-state index contributed by atoms with van der Waals surface area (Å²) in [6, 6.07) is 12.8. The molecule has 0 atom stereocenters. The SMILES string of the molecule is CN(C)Cc1ccn2c(-c3ccnc(NC4CCOCC4)n3)c(-c3ccc(F)cc3)nc2c1. The van der Waals surface area contributed by atoms with E-state index in [4.69, 9.17) is 14.7 Å². The lowest BCUT2D eigenvalue weighted by Crippen LogP contribution is -2.28. The Morgan fingerprint density at radius 3 is 2.64 bits per heavy atom. The van der Waals surface area contributed by atoms with Crippen LogP contribution in [0.15, 0.2) is 54.9 Å². The molecule has 8 heteroatoms. The van der Waals surface area contributed by atoms with Gasteiger partial charge in [0.1, 0.15) is 11.5 Å². The Kier molecular flexibility index (Phi) is 6.02. The van der Waals surface area contributed by atoms with Gasteiger partial charge in [0.2, 0.25) is 5.95 Å². The Morgan fingerprint density at radius 2 is 1.88 bits per heavy atom. The molecule has 170 valence electrons. The number of hydrogen-bond donors (Lipinski definition) is 1. The number of rotatable bonds is 6. The van der Waals surface area contributed by atoms with Crippen molar-refractivity contribution in [3.05, 3.63) is 66.2 Å². The lowest BCUT2D eigenvalue weighted by atomic mass is 10.1. The van der Waals surface area contributed by atoms with Crippen molar-refractivity contribution in [3.63, 3.8) is 0 Å². The molecule has 3 aromatic heterocycles. The summed E-state index contributed by atoms with van der Waals surface area (Å²) in [7, 11) is 4.08. The average Bonchev–Trinajstić information content (AvgIpc) is 3.19. The Balaban J connectivity index is 1.60. The first-order valence-corrected chi connectivity index (χ1v) is 11.2. The van der Waals surface area contributed by atoms with Gasteiger partial charge in [0.25, 0.3) is 0 Å². The second-order valence-corrected chi connectivity index (χ2v) is 8.61. The maximum absolute atomic E-state index is 13.6. The van der Waals surface area contributed by atoms with Crippen molar-refractivity contribution in [3.8, 4) is 22.6 Å². The molecule has 4 aromatic rings. The van der Waals surface area contributed by atoms with Crippen LogP contribution in [0.1, 0.15) is 18.4 Å². The molecule has 1 saturated heterocycles. The number of ether oxygens (including phenoxy) is 1. The zero-order valence-corrected chi connectivity index (χ0v) is 18.8. The van der Waals surface area contributed by atoms with E-state index in [0.717, 1.165) is 60.9 Å². The number of pyridine rings is 1. The molecule has 0 spiro atoms. The van der Waals surface area contributed by atoms with Crippen LogP contribution in [-0.4, -0.2) is 57.6 Å². The fourth-order valence-corrected chi connectivity index (χ4v) is 4.19. The molecule has 33 heavy (non-hydrogen) atoms. The standard InChI is InChI=1S/C25H27FN6O/c1-31(2)16-17-8-12-32-22(15-17)30-23(18-3-5-19(26)6-4-18)24(32)21-7-11-27-25(29-21)28-20-9-13-33-14-10-20/h3-8,11-12,15,20H,9-10,13-14,16H2,1-2H3,(H,27,28,29). The molecule has 0 bridgehead atoms. The van der Waals surface area contributed by atoms with Gasteiger partial charge in [-0.2, -0.15) is 0 Å². The first-order valence-electron chi connectivity index (χ1n) is 11.2. The zero-order chi connectivity index (χ0) is 22.8. The molecule has 0 aliphatic carbocycles. The third-order valence-corrected chi connectivity index (χ3v) is 5.76. The summed E-state index contributed by atoms with van der Waals surface area (Å²) in [4.78, 5) is 16.3. The van der Waals surface area contributed by atoms with E-state index in [-0.39, 0.29) is 5.82 Å². The van der Waals surface area contributed by atoms with E-state index in [2.05, 4.69) is 27.3 Å². The van der Waals surface area contributed by atoms with Gasteiger partial charge in [-0.25, -0.2) is 19.3 Å². The van der Waals surface area contributed by atoms with E-state index in [9.17, 15) is 4.39 Å². The van der Waals surface area contributed by atoms with Gasteiger partial charge >= 0.3 is 0 Å². The molecule has 0 saturated carbocycles. The van der Waals surface area contributed by atoms with Gasteiger partial charge in [0.15, 0.2) is 0 Å². The number of benzene rings is 1. The molecule has 1 N–H and O–H groups in total. The Morgan fingerprint density at radius 1 is 1.09 bits per heavy atom. The summed E-state index contributed by atoms with van der Waals surface area (Å²) in [5.74, 6) is 0.311. The van der Waals surface area contributed by atoms with Crippen LogP contribution in [0.2, 0.25) is 0 Å². The molecule has 1 aliphatic rings. The van der Waals surface area contributed by atoms with Gasteiger partial charge in [0.05, 0.1) is 17.1 Å². The fraction of sp³-hybridized carbons (Fsp3) is 0.320. The van der Waals surface area contributed by atoms with Gasteiger partial charge in [0, 0.05) is 43.8 Å². The fourth-order valence-electron chi connectivity index (χ4n) is 4.19. The van der Waals surface area contributed by atoms with Crippen molar-refractivity contribution >= 4 is 11.6 Å². The van der Waals surface area contributed by atoms with Crippen LogP contribution in [0.3, 0.4) is 0 Å². The maximum Gasteiger partial charge on any atom is 0.223 e. The van der Waals surface area contributed by atoms with E-state index >= 15 is 0 Å². The molecule has 7 nitrogen and oxygen atoms in total. The molecule has 0 unspecified atom stereocenters. The maximum atomic E-state index is 13.6. The highest BCUT2D eigenvalue weighted by Gasteiger charge is 2.20. The highest BCUT2D eigenvalue weighted by atomic mass is 19.1. The van der Waals surface area contributed by atoms with Crippen LogP contribution in [0, 0.1) is 5.82 Å². The van der Waals surface area contributed by atoms with Gasteiger partial charge in [-0.3, -0.25) is 4.40 Å². The molecule has 0 radical (unpaired) electrons. The van der Waals surface area contributed by atoms with Gasteiger partial charge in [-0.05, 0) is 75.0 Å². The van der Waals surface area contributed by atoms with Gasteiger partial charge < -0.3 is 15.0 Å². The number of nitrogens with one attached hydrogen (secondary N) is 1.